The summed E-state index contributed by atoms with van der Waals surface area (Å²) in [5, 5.41) is 12.4. The maximum absolute atomic E-state index is 12.5. The average molecular weight is 380 g/mol. The molecular formula is C18H24N2O5S. The number of carbonyl (C=O) groups is 2. The van der Waals surface area contributed by atoms with E-state index >= 15 is 0 Å². The number of benzene rings is 1. The van der Waals surface area contributed by atoms with E-state index in [1.165, 1.54) is 6.26 Å². The minimum Gasteiger partial charge on any atom is -0.481 e. The Bertz CT molecular complexity index is 805. The van der Waals surface area contributed by atoms with Gasteiger partial charge in [-0.15, -0.1) is 0 Å². The predicted octanol–water partition coefficient (Wildman–Crippen LogP) is 1.99. The van der Waals surface area contributed by atoms with Crippen molar-refractivity contribution in [3.8, 4) is 0 Å². The number of fused-ring (bicyclic) bond motifs is 1. The topological polar surface area (TPSA) is 104 Å². The van der Waals surface area contributed by atoms with Crippen LogP contribution in [0, 0.1) is 11.3 Å². The minimum atomic E-state index is -3.01. The maximum Gasteiger partial charge on any atom is 0.321 e. The molecule has 7 nitrogen and oxygen atoms in total. The lowest BCUT2D eigenvalue weighted by Crippen LogP contribution is -2.38. The first-order chi connectivity index (χ1) is 12.2. The van der Waals surface area contributed by atoms with Gasteiger partial charge in [0.1, 0.15) is 9.84 Å². The molecule has 2 atom stereocenters. The van der Waals surface area contributed by atoms with Crippen LogP contribution in [0.15, 0.2) is 24.3 Å². The van der Waals surface area contributed by atoms with Gasteiger partial charge in [-0.1, -0.05) is 18.6 Å². The van der Waals surface area contributed by atoms with E-state index in [1.54, 1.807) is 29.2 Å². The number of carboxylic acid groups (broad SMARTS) is 1. The van der Waals surface area contributed by atoms with Crippen LogP contribution in [-0.2, 0) is 21.1 Å². The molecule has 2 N–H and O–H groups in total. The number of anilines is 1. The molecule has 0 aromatic heterocycles. The first-order valence-electron chi connectivity index (χ1n) is 8.76. The van der Waals surface area contributed by atoms with Gasteiger partial charge in [0.2, 0.25) is 0 Å². The number of hydrogen-bond donors (Lipinski definition) is 2. The highest BCUT2D eigenvalue weighted by Crippen LogP contribution is 2.48. The summed E-state index contributed by atoms with van der Waals surface area (Å²) in [6.07, 6.45) is 4.02. The van der Waals surface area contributed by atoms with Crippen LogP contribution < -0.4 is 5.32 Å². The van der Waals surface area contributed by atoms with Crippen molar-refractivity contribution < 1.29 is 23.1 Å². The van der Waals surface area contributed by atoms with Crippen molar-refractivity contribution in [2.45, 2.75) is 25.7 Å². The number of nitrogens with one attached hydrogen (secondary N) is 1. The SMILES string of the molecule is CS(=O)(=O)CCc1ccc(NC(=O)N2C[C@@H]3CCC[C@@]3(C(=O)O)C2)cc1. The summed E-state index contributed by atoms with van der Waals surface area (Å²) in [7, 11) is -3.01. The number of likely N-dealkylation sites (tertiary alicyclic amines) is 1. The van der Waals surface area contributed by atoms with Crippen LogP contribution in [-0.4, -0.2) is 55.5 Å². The molecule has 1 aliphatic heterocycles. The molecule has 0 radical (unpaired) electrons. The van der Waals surface area contributed by atoms with E-state index in [4.69, 9.17) is 0 Å². The molecule has 1 aliphatic carbocycles. The Morgan fingerprint density at radius 3 is 2.58 bits per heavy atom. The van der Waals surface area contributed by atoms with E-state index < -0.39 is 21.2 Å². The highest BCUT2D eigenvalue weighted by Gasteiger charge is 2.55. The van der Waals surface area contributed by atoms with Crippen LogP contribution in [0.1, 0.15) is 24.8 Å². The van der Waals surface area contributed by atoms with Crippen LogP contribution in [0.3, 0.4) is 0 Å². The third-order valence-electron chi connectivity index (χ3n) is 5.55. The van der Waals surface area contributed by atoms with Crippen molar-refractivity contribution in [1.29, 1.82) is 0 Å². The van der Waals surface area contributed by atoms with E-state index in [2.05, 4.69) is 5.32 Å². The van der Waals surface area contributed by atoms with E-state index in [9.17, 15) is 23.1 Å². The summed E-state index contributed by atoms with van der Waals surface area (Å²) >= 11 is 0. The Hall–Kier alpha value is -2.09. The average Bonchev–Trinajstić information content (AvgIpc) is 3.11. The third-order valence-corrected chi connectivity index (χ3v) is 6.50. The summed E-state index contributed by atoms with van der Waals surface area (Å²) in [6, 6.07) is 6.76. The number of hydrogen-bond acceptors (Lipinski definition) is 4. The summed E-state index contributed by atoms with van der Waals surface area (Å²) in [6.45, 7) is 0.732. The number of amides is 2. The number of nitrogens with zero attached hydrogens (tertiary/aromatic N) is 1. The molecule has 1 heterocycles. The number of rotatable bonds is 5. The molecule has 0 bridgehead atoms. The zero-order valence-corrected chi connectivity index (χ0v) is 15.6. The highest BCUT2D eigenvalue weighted by atomic mass is 32.2. The fourth-order valence-corrected chi connectivity index (χ4v) is 4.66. The molecule has 0 unspecified atom stereocenters. The Labute approximate surface area is 153 Å². The smallest absolute Gasteiger partial charge is 0.321 e. The van der Waals surface area contributed by atoms with Crippen LogP contribution >= 0.6 is 0 Å². The van der Waals surface area contributed by atoms with Gasteiger partial charge >= 0.3 is 12.0 Å². The number of carboxylic acids is 1. The van der Waals surface area contributed by atoms with Gasteiger partial charge in [-0.25, -0.2) is 13.2 Å². The van der Waals surface area contributed by atoms with Crippen LogP contribution in [0.2, 0.25) is 0 Å². The standard InChI is InChI=1S/C18H24N2O5S/c1-26(24,25)10-8-13-4-6-15(7-5-13)19-17(23)20-11-14-3-2-9-18(14,12-20)16(21)22/h4-7,14H,2-3,8-12H2,1H3,(H,19,23)(H,21,22)/t14-,18+/m0/s1. The van der Waals surface area contributed by atoms with Crippen molar-refractivity contribution in [3.05, 3.63) is 29.8 Å². The molecule has 2 amide bonds. The van der Waals surface area contributed by atoms with Crippen molar-refractivity contribution in [2.75, 3.05) is 30.4 Å². The van der Waals surface area contributed by atoms with Crippen molar-refractivity contribution >= 4 is 27.5 Å². The van der Waals surface area contributed by atoms with E-state index in [0.717, 1.165) is 18.4 Å². The zero-order valence-electron chi connectivity index (χ0n) is 14.8. The van der Waals surface area contributed by atoms with Gasteiger partial charge < -0.3 is 15.3 Å². The molecule has 1 aromatic rings. The lowest BCUT2D eigenvalue weighted by molar-refractivity contribution is -0.149. The normalized spacial score (nSPS) is 25.1. The molecular weight excluding hydrogens is 356 g/mol. The minimum absolute atomic E-state index is 0.0316. The quantitative estimate of drug-likeness (QED) is 0.813. The molecule has 2 aliphatic rings. The third kappa shape index (κ3) is 3.85. The second kappa shape index (κ2) is 6.90. The van der Waals surface area contributed by atoms with Gasteiger partial charge in [0, 0.05) is 25.0 Å². The van der Waals surface area contributed by atoms with Gasteiger partial charge in [0.25, 0.3) is 0 Å². The highest BCUT2D eigenvalue weighted by molar-refractivity contribution is 7.90. The number of urea groups is 1. The van der Waals surface area contributed by atoms with Gasteiger partial charge in [-0.05, 0) is 42.9 Å². The lowest BCUT2D eigenvalue weighted by atomic mass is 9.81. The fraction of sp³-hybridized carbons (Fsp3) is 0.556. The van der Waals surface area contributed by atoms with Gasteiger partial charge in [-0.3, -0.25) is 4.79 Å². The second-order valence-corrected chi connectivity index (χ2v) is 9.70. The Kier molecular flexibility index (Phi) is 4.96. The molecule has 1 saturated carbocycles. The lowest BCUT2D eigenvalue weighted by Gasteiger charge is -2.23. The molecule has 3 rings (SSSR count). The van der Waals surface area contributed by atoms with Crippen molar-refractivity contribution in [1.82, 2.24) is 4.90 Å². The number of aryl methyl sites for hydroxylation is 1. The van der Waals surface area contributed by atoms with Crippen LogP contribution in [0.5, 0.6) is 0 Å². The summed E-state index contributed by atoms with van der Waals surface area (Å²) in [4.78, 5) is 25.8. The Morgan fingerprint density at radius 2 is 2.00 bits per heavy atom. The molecule has 0 spiro atoms. The molecule has 8 heteroatoms. The molecule has 1 aromatic carbocycles. The zero-order chi connectivity index (χ0) is 18.9. The van der Waals surface area contributed by atoms with Crippen LogP contribution in [0.4, 0.5) is 10.5 Å². The monoisotopic (exact) mass is 380 g/mol. The van der Waals surface area contributed by atoms with Crippen LogP contribution in [0.25, 0.3) is 0 Å². The summed E-state index contributed by atoms with van der Waals surface area (Å²) in [5.41, 5.74) is 0.709. The molecule has 142 valence electrons. The number of aliphatic carboxylic acids is 1. The largest absolute Gasteiger partial charge is 0.481 e. The van der Waals surface area contributed by atoms with Crippen molar-refractivity contribution in [3.63, 3.8) is 0 Å². The van der Waals surface area contributed by atoms with E-state index in [1.807, 2.05) is 0 Å². The Morgan fingerprint density at radius 1 is 1.31 bits per heavy atom. The number of carbonyl (C=O) groups excluding carboxylic acids is 1. The van der Waals surface area contributed by atoms with E-state index in [-0.39, 0.29) is 24.2 Å². The number of sulfone groups is 1. The van der Waals surface area contributed by atoms with Gasteiger partial charge in [0.15, 0.2) is 0 Å². The second-order valence-electron chi connectivity index (χ2n) is 7.44. The summed E-state index contributed by atoms with van der Waals surface area (Å²) < 4.78 is 22.4. The maximum atomic E-state index is 12.5. The Balaban J connectivity index is 1.60. The molecule has 1 saturated heterocycles. The van der Waals surface area contributed by atoms with Crippen molar-refractivity contribution in [2.24, 2.45) is 11.3 Å². The predicted molar refractivity (Wildman–Crippen MR) is 97.9 cm³/mol. The van der Waals surface area contributed by atoms with Gasteiger partial charge in [0.05, 0.1) is 11.2 Å². The molecule has 2 fully saturated rings. The fourth-order valence-electron chi connectivity index (χ4n) is 4.05. The van der Waals surface area contributed by atoms with E-state index in [0.29, 0.717) is 25.1 Å². The summed E-state index contributed by atoms with van der Waals surface area (Å²) in [5.74, 6) is -0.680. The van der Waals surface area contributed by atoms with Gasteiger partial charge in [-0.2, -0.15) is 0 Å². The first-order valence-corrected chi connectivity index (χ1v) is 10.8. The first kappa shape index (κ1) is 18.7. The molecule has 26 heavy (non-hydrogen) atoms.